The van der Waals surface area contributed by atoms with Crippen LogP contribution in [0.3, 0.4) is 0 Å². The molecule has 25 heavy (non-hydrogen) atoms. The smallest absolute Gasteiger partial charge is 0.123 e. The van der Waals surface area contributed by atoms with Gasteiger partial charge in [-0.1, -0.05) is 36.4 Å². The molecule has 1 aromatic heterocycles. The fraction of sp³-hybridized carbons (Fsp3) is 0.286. The fourth-order valence-corrected chi connectivity index (χ4v) is 3.60. The number of nitrogens with one attached hydrogen (secondary N) is 1. The van der Waals surface area contributed by atoms with E-state index < -0.39 is 0 Å². The Morgan fingerprint density at radius 2 is 1.88 bits per heavy atom. The van der Waals surface area contributed by atoms with Crippen molar-refractivity contribution in [2.24, 2.45) is 0 Å². The fourth-order valence-electron chi connectivity index (χ4n) is 3.60. The molecule has 3 nitrogen and oxygen atoms in total. The Morgan fingerprint density at radius 3 is 2.80 bits per heavy atom. The molecule has 0 spiro atoms. The lowest BCUT2D eigenvalue weighted by molar-refractivity contribution is 0.237. The lowest BCUT2D eigenvalue weighted by Crippen LogP contribution is -2.33. The van der Waals surface area contributed by atoms with E-state index in [-0.39, 0.29) is 11.9 Å². The van der Waals surface area contributed by atoms with E-state index >= 15 is 0 Å². The maximum absolute atomic E-state index is 13.9. The summed E-state index contributed by atoms with van der Waals surface area (Å²) in [5.74, 6) is -0.198. The molecule has 1 atom stereocenters. The molecule has 1 aliphatic rings. The Hall–Kier alpha value is -2.30. The average Bonchev–Trinajstić information content (AvgIpc) is 2.91. The molecule has 0 aliphatic carbocycles. The monoisotopic (exact) mass is 335 g/mol. The third-order valence-corrected chi connectivity index (χ3v) is 4.80. The molecule has 1 N–H and O–H groups in total. The molecule has 3 aromatic rings. The second-order valence-electron chi connectivity index (χ2n) is 6.53. The summed E-state index contributed by atoms with van der Waals surface area (Å²) in [4.78, 5) is 7.31. The Kier molecular flexibility index (Phi) is 4.72. The highest BCUT2D eigenvalue weighted by Crippen LogP contribution is 2.29. The molecular formula is C21H22FN3. The molecule has 0 saturated carbocycles. The van der Waals surface area contributed by atoms with E-state index in [2.05, 4.69) is 28.4 Å². The SMILES string of the molecule is Fc1cccc(C(c2ccc3ccccc3n2)N2CCCNCC2)c1. The minimum Gasteiger partial charge on any atom is -0.315 e. The normalized spacial score (nSPS) is 17.3. The Labute approximate surface area is 147 Å². The number of fused-ring (bicyclic) bond motifs is 1. The molecule has 2 aromatic carbocycles. The van der Waals surface area contributed by atoms with E-state index in [1.807, 2.05) is 24.3 Å². The molecule has 1 fully saturated rings. The van der Waals surface area contributed by atoms with Gasteiger partial charge in [0.2, 0.25) is 0 Å². The van der Waals surface area contributed by atoms with Gasteiger partial charge in [-0.05, 0) is 42.8 Å². The van der Waals surface area contributed by atoms with Gasteiger partial charge in [-0.15, -0.1) is 0 Å². The molecule has 128 valence electrons. The predicted molar refractivity (Wildman–Crippen MR) is 99.0 cm³/mol. The molecular weight excluding hydrogens is 313 g/mol. The number of hydrogen-bond acceptors (Lipinski definition) is 3. The van der Waals surface area contributed by atoms with E-state index in [0.29, 0.717) is 0 Å². The summed E-state index contributed by atoms with van der Waals surface area (Å²) in [5, 5.41) is 4.57. The summed E-state index contributed by atoms with van der Waals surface area (Å²) in [6, 6.07) is 19.2. The minimum atomic E-state index is -0.198. The topological polar surface area (TPSA) is 28.2 Å². The second-order valence-corrected chi connectivity index (χ2v) is 6.53. The van der Waals surface area contributed by atoms with Gasteiger partial charge >= 0.3 is 0 Å². The van der Waals surface area contributed by atoms with Crippen molar-refractivity contribution < 1.29 is 4.39 Å². The van der Waals surface area contributed by atoms with E-state index in [4.69, 9.17) is 4.98 Å². The van der Waals surface area contributed by atoms with E-state index in [1.165, 1.54) is 6.07 Å². The van der Waals surface area contributed by atoms with Crippen molar-refractivity contribution in [2.75, 3.05) is 26.2 Å². The number of halogens is 1. The van der Waals surface area contributed by atoms with Gasteiger partial charge in [-0.25, -0.2) is 4.39 Å². The van der Waals surface area contributed by atoms with E-state index in [1.54, 1.807) is 12.1 Å². The summed E-state index contributed by atoms with van der Waals surface area (Å²) in [7, 11) is 0. The largest absolute Gasteiger partial charge is 0.315 e. The quantitative estimate of drug-likeness (QED) is 0.790. The summed E-state index contributed by atoms with van der Waals surface area (Å²) >= 11 is 0. The molecule has 1 aliphatic heterocycles. The van der Waals surface area contributed by atoms with Crippen LogP contribution in [-0.2, 0) is 0 Å². The van der Waals surface area contributed by atoms with Crippen LogP contribution >= 0.6 is 0 Å². The number of rotatable bonds is 3. The molecule has 2 heterocycles. The summed E-state index contributed by atoms with van der Waals surface area (Å²) in [6.07, 6.45) is 1.08. The highest BCUT2D eigenvalue weighted by Gasteiger charge is 2.25. The van der Waals surface area contributed by atoms with Gasteiger partial charge < -0.3 is 5.32 Å². The van der Waals surface area contributed by atoms with Crippen molar-refractivity contribution in [1.82, 2.24) is 15.2 Å². The standard InChI is InChI=1S/C21H22FN3/c22-18-7-3-6-17(15-18)21(25-13-4-11-23-12-14-25)20-10-9-16-5-1-2-8-19(16)24-20/h1-3,5-10,15,21,23H,4,11-14H2. The number of pyridine rings is 1. The van der Waals surface area contributed by atoms with Crippen molar-refractivity contribution >= 4 is 10.9 Å². The zero-order valence-electron chi connectivity index (χ0n) is 14.2. The molecule has 4 heteroatoms. The highest BCUT2D eigenvalue weighted by molar-refractivity contribution is 5.78. The third-order valence-electron chi connectivity index (χ3n) is 4.80. The van der Waals surface area contributed by atoms with Crippen LogP contribution in [0.4, 0.5) is 4.39 Å². The van der Waals surface area contributed by atoms with Crippen molar-refractivity contribution in [2.45, 2.75) is 12.5 Å². The minimum absolute atomic E-state index is 0.0276. The Morgan fingerprint density at radius 1 is 0.960 bits per heavy atom. The zero-order chi connectivity index (χ0) is 17.1. The van der Waals surface area contributed by atoms with Gasteiger partial charge in [0.25, 0.3) is 0 Å². The molecule has 1 saturated heterocycles. The van der Waals surface area contributed by atoms with Crippen molar-refractivity contribution in [1.29, 1.82) is 0 Å². The van der Waals surface area contributed by atoms with Gasteiger partial charge in [-0.3, -0.25) is 9.88 Å². The zero-order valence-corrected chi connectivity index (χ0v) is 14.2. The van der Waals surface area contributed by atoms with E-state index in [0.717, 1.165) is 54.8 Å². The number of nitrogens with zero attached hydrogens (tertiary/aromatic N) is 2. The Bertz CT molecular complexity index is 856. The summed E-state index contributed by atoms with van der Waals surface area (Å²) in [6.45, 7) is 3.87. The van der Waals surface area contributed by atoms with Crippen LogP contribution in [0.5, 0.6) is 0 Å². The first kappa shape index (κ1) is 16.2. The van der Waals surface area contributed by atoms with Crippen LogP contribution < -0.4 is 5.32 Å². The van der Waals surface area contributed by atoms with Crippen LogP contribution in [0.15, 0.2) is 60.7 Å². The average molecular weight is 335 g/mol. The maximum Gasteiger partial charge on any atom is 0.123 e. The van der Waals surface area contributed by atoms with Gasteiger partial charge in [0, 0.05) is 25.0 Å². The molecule has 0 amide bonds. The van der Waals surface area contributed by atoms with Crippen LogP contribution in [-0.4, -0.2) is 36.1 Å². The number of para-hydroxylation sites is 1. The molecule has 1 unspecified atom stereocenters. The van der Waals surface area contributed by atoms with Gasteiger partial charge in [0.1, 0.15) is 5.82 Å². The maximum atomic E-state index is 13.9. The van der Waals surface area contributed by atoms with Gasteiger partial charge in [-0.2, -0.15) is 0 Å². The van der Waals surface area contributed by atoms with Crippen molar-refractivity contribution in [3.8, 4) is 0 Å². The molecule has 0 bridgehead atoms. The third kappa shape index (κ3) is 3.55. The van der Waals surface area contributed by atoms with Crippen LogP contribution in [0.1, 0.15) is 23.7 Å². The Balaban J connectivity index is 1.80. The van der Waals surface area contributed by atoms with Crippen LogP contribution in [0.2, 0.25) is 0 Å². The highest BCUT2D eigenvalue weighted by atomic mass is 19.1. The first-order chi connectivity index (χ1) is 12.3. The van der Waals surface area contributed by atoms with E-state index in [9.17, 15) is 4.39 Å². The van der Waals surface area contributed by atoms with Crippen LogP contribution in [0, 0.1) is 5.82 Å². The lowest BCUT2D eigenvalue weighted by atomic mass is 10.00. The number of benzene rings is 2. The number of hydrogen-bond donors (Lipinski definition) is 1. The van der Waals surface area contributed by atoms with Gasteiger partial charge in [0.15, 0.2) is 0 Å². The first-order valence-corrected chi connectivity index (χ1v) is 8.87. The van der Waals surface area contributed by atoms with Crippen molar-refractivity contribution in [3.05, 3.63) is 77.7 Å². The van der Waals surface area contributed by atoms with Gasteiger partial charge in [0.05, 0.1) is 17.3 Å². The van der Waals surface area contributed by atoms with Crippen molar-refractivity contribution in [3.63, 3.8) is 0 Å². The molecule has 4 rings (SSSR count). The van der Waals surface area contributed by atoms with Crippen LogP contribution in [0.25, 0.3) is 10.9 Å². The summed E-state index contributed by atoms with van der Waals surface area (Å²) < 4.78 is 13.9. The predicted octanol–water partition coefficient (Wildman–Crippen LogP) is 3.76. The lowest BCUT2D eigenvalue weighted by Gasteiger charge is -2.30. The number of aromatic nitrogens is 1. The first-order valence-electron chi connectivity index (χ1n) is 8.87. The summed E-state index contributed by atoms with van der Waals surface area (Å²) in [5.41, 5.74) is 2.92. The molecule has 0 radical (unpaired) electrons. The second kappa shape index (κ2) is 7.30.